The van der Waals surface area contributed by atoms with E-state index in [1.165, 1.54) is 17.3 Å². The highest BCUT2D eigenvalue weighted by atomic mass is 32.1. The van der Waals surface area contributed by atoms with Crippen molar-refractivity contribution in [1.29, 1.82) is 0 Å². The number of ether oxygens (including phenoxy) is 2. The van der Waals surface area contributed by atoms with Gasteiger partial charge < -0.3 is 20.1 Å². The summed E-state index contributed by atoms with van der Waals surface area (Å²) >= 11 is 5.75. The molecule has 49 heavy (non-hydrogen) atoms. The molecule has 6 atom stereocenters. The number of epoxide rings is 1. The maximum atomic E-state index is 14.9. The second-order valence-electron chi connectivity index (χ2n) is 12.7. The molecule has 4 unspecified atom stereocenters. The van der Waals surface area contributed by atoms with Gasteiger partial charge in [0.15, 0.2) is 23.9 Å². The number of alkyl halides is 4. The number of carbonyl (C=O) groups excluding carboxylic acids is 2. The summed E-state index contributed by atoms with van der Waals surface area (Å²) in [7, 11) is 3.76. The number of aliphatic imine (C=N–C) groups is 1. The molecule has 16 heteroatoms. The predicted octanol–water partition coefficient (Wildman–Crippen LogP) is 3.83. The normalized spacial score (nSPS) is 28.1. The van der Waals surface area contributed by atoms with E-state index in [9.17, 15) is 31.5 Å². The Morgan fingerprint density at radius 3 is 2.78 bits per heavy atom. The molecule has 3 N–H and O–H groups in total. The van der Waals surface area contributed by atoms with Gasteiger partial charge in [0.25, 0.3) is 5.91 Å². The molecule has 0 radical (unpaired) electrons. The summed E-state index contributed by atoms with van der Waals surface area (Å²) in [5.74, 6) is -1.97. The molecule has 262 valence electrons. The van der Waals surface area contributed by atoms with Crippen molar-refractivity contribution in [2.45, 2.75) is 57.1 Å². The molecule has 2 saturated heterocycles. The van der Waals surface area contributed by atoms with E-state index in [4.69, 9.17) is 21.7 Å². The maximum absolute atomic E-state index is 14.9. The molecule has 0 aromatic heterocycles. The molecule has 0 spiro atoms. The number of ketones is 1. The number of hydrogen-bond acceptors (Lipinski definition) is 9. The lowest BCUT2D eigenvalue weighted by atomic mass is 9.79. The van der Waals surface area contributed by atoms with E-state index >= 15 is 0 Å². The van der Waals surface area contributed by atoms with Crippen LogP contribution in [0.15, 0.2) is 70.3 Å². The van der Waals surface area contributed by atoms with Crippen LogP contribution in [0.1, 0.15) is 30.9 Å². The minimum absolute atomic E-state index is 0.0206. The van der Waals surface area contributed by atoms with Crippen LogP contribution in [-0.4, -0.2) is 84.2 Å². The Hall–Kier alpha value is -4.15. The minimum Gasteiger partial charge on any atom is -0.490 e. The van der Waals surface area contributed by atoms with Crippen LogP contribution in [0.2, 0.25) is 0 Å². The molecule has 10 nitrogen and oxygen atoms in total. The number of benzene rings is 1. The first-order chi connectivity index (χ1) is 23.2. The number of fused-ring (bicyclic) bond motifs is 1. The Morgan fingerprint density at radius 1 is 1.29 bits per heavy atom. The fraction of sp³-hybridized carbons (Fsp3) is 0.455. The van der Waals surface area contributed by atoms with Crippen molar-refractivity contribution >= 4 is 34.6 Å². The number of rotatable bonds is 10. The fourth-order valence-electron chi connectivity index (χ4n) is 6.50. The van der Waals surface area contributed by atoms with Gasteiger partial charge >= 0.3 is 6.18 Å². The highest BCUT2D eigenvalue weighted by Gasteiger charge is 2.42. The average molecular weight is 707 g/mol. The van der Waals surface area contributed by atoms with E-state index in [1.54, 1.807) is 0 Å². The third-order valence-electron chi connectivity index (χ3n) is 9.13. The number of nitrogens with one attached hydrogen (secondary N) is 3. The van der Waals surface area contributed by atoms with Crippen LogP contribution in [0.3, 0.4) is 0 Å². The van der Waals surface area contributed by atoms with E-state index in [1.807, 2.05) is 38.1 Å². The number of amides is 1. The van der Waals surface area contributed by atoms with Crippen molar-refractivity contribution in [1.82, 2.24) is 26.0 Å². The molecule has 6 rings (SSSR count). The molecule has 1 amide bonds. The van der Waals surface area contributed by atoms with Gasteiger partial charge in [-0.15, -0.1) is 0 Å². The van der Waals surface area contributed by atoms with Crippen LogP contribution >= 0.6 is 12.2 Å². The van der Waals surface area contributed by atoms with E-state index in [2.05, 4.69) is 21.1 Å². The highest BCUT2D eigenvalue weighted by molar-refractivity contribution is 7.80. The molecule has 2 fully saturated rings. The summed E-state index contributed by atoms with van der Waals surface area (Å²) in [4.78, 5) is 32.5. The van der Waals surface area contributed by atoms with Gasteiger partial charge in [0.2, 0.25) is 6.23 Å². The lowest BCUT2D eigenvalue weighted by Crippen LogP contribution is -2.48. The fourth-order valence-corrected chi connectivity index (χ4v) is 6.80. The number of thiocarbonyl (C=S) groups is 1. The van der Waals surface area contributed by atoms with Gasteiger partial charge in [-0.25, -0.2) is 14.2 Å². The monoisotopic (exact) mass is 706 g/mol. The summed E-state index contributed by atoms with van der Waals surface area (Å²) < 4.78 is 78.9. The van der Waals surface area contributed by atoms with Gasteiger partial charge in [-0.05, 0) is 62.2 Å². The van der Waals surface area contributed by atoms with E-state index in [-0.39, 0.29) is 65.8 Å². The van der Waals surface area contributed by atoms with E-state index in [0.29, 0.717) is 30.0 Å². The Labute approximate surface area is 284 Å². The Balaban J connectivity index is 1.10. The Kier molecular flexibility index (Phi) is 9.66. The van der Waals surface area contributed by atoms with Crippen LogP contribution in [0.5, 0.6) is 0 Å². The Bertz CT molecular complexity index is 1710. The van der Waals surface area contributed by atoms with Crippen molar-refractivity contribution in [2.75, 3.05) is 27.2 Å². The number of nitrogens with zero attached hydrogens (tertiary/aromatic N) is 3. The molecule has 0 bridgehead atoms. The number of hydrogen-bond donors (Lipinski definition) is 3. The number of Topliss-reactive ketones (excluding diaryl/α,β-unsaturated/α-hetero) is 1. The number of likely N-dealkylation sites (N-methyl/N-ethyl adjacent to an activating group) is 1. The van der Waals surface area contributed by atoms with Gasteiger partial charge in [-0.1, -0.05) is 42.9 Å². The van der Waals surface area contributed by atoms with Gasteiger partial charge in [0, 0.05) is 12.5 Å². The zero-order valence-electron chi connectivity index (χ0n) is 26.8. The van der Waals surface area contributed by atoms with Crippen molar-refractivity contribution in [2.24, 2.45) is 16.8 Å². The zero-order valence-corrected chi connectivity index (χ0v) is 27.6. The van der Waals surface area contributed by atoms with Crippen molar-refractivity contribution in [3.63, 3.8) is 0 Å². The van der Waals surface area contributed by atoms with Crippen LogP contribution in [0, 0.1) is 17.7 Å². The first kappa shape index (κ1) is 34.7. The van der Waals surface area contributed by atoms with E-state index < -0.39 is 35.8 Å². The van der Waals surface area contributed by atoms with Crippen molar-refractivity contribution in [3.8, 4) is 0 Å². The van der Waals surface area contributed by atoms with Gasteiger partial charge in [-0.2, -0.15) is 13.2 Å². The first-order valence-corrected chi connectivity index (χ1v) is 16.1. The lowest BCUT2D eigenvalue weighted by Gasteiger charge is -2.32. The molecular formula is C33H35F5N6O4S. The third-order valence-corrected chi connectivity index (χ3v) is 9.46. The van der Waals surface area contributed by atoms with Crippen molar-refractivity contribution in [3.05, 3.63) is 82.2 Å². The van der Waals surface area contributed by atoms with Crippen LogP contribution in [0.25, 0.3) is 0 Å². The largest absolute Gasteiger partial charge is 0.490 e. The quantitative estimate of drug-likeness (QED) is 0.145. The molecule has 2 aliphatic carbocycles. The topological polar surface area (TPSA) is 111 Å². The summed E-state index contributed by atoms with van der Waals surface area (Å²) in [6, 6.07) is 2.24. The standard InChI is InChI=1S/C33H35F5N6O4S/c1-16-18-7-9-24(20(18)6-5-19(16)27(45)14-47-15-28-32(48-28)43(2)3)42-31(49)26-11-25(41-29-23(35)13-40-44(26)29)30(46)39-12-17-4-8-22(34)21(10-17)33(36,37)38/h4-6,8,10-11,15-16,19,23-24,29,32,40H,7,9,12-14H2,1-3H3,(H,39,46)(H,42,49)/b28-15-/t16-,19?,23?,24+,29?,32?/m1/s1. The van der Waals surface area contributed by atoms with Gasteiger partial charge in [-0.3, -0.25) is 24.5 Å². The molecule has 1 aromatic carbocycles. The Morgan fingerprint density at radius 2 is 2.06 bits per heavy atom. The average Bonchev–Trinajstić information content (AvgIpc) is 3.58. The first-order valence-electron chi connectivity index (χ1n) is 15.7. The van der Waals surface area contributed by atoms with Crippen LogP contribution < -0.4 is 16.1 Å². The minimum atomic E-state index is -4.90. The molecule has 3 heterocycles. The maximum Gasteiger partial charge on any atom is 0.419 e. The smallest absolute Gasteiger partial charge is 0.419 e. The summed E-state index contributed by atoms with van der Waals surface area (Å²) in [5.41, 5.74) is 3.78. The van der Waals surface area contributed by atoms with Crippen LogP contribution in [0.4, 0.5) is 22.0 Å². The second-order valence-corrected chi connectivity index (χ2v) is 13.1. The molecule has 3 aliphatic heterocycles. The van der Waals surface area contributed by atoms with Crippen molar-refractivity contribution < 1.29 is 41.0 Å². The molecule has 5 aliphatic rings. The van der Waals surface area contributed by atoms with Gasteiger partial charge in [0.05, 0.1) is 23.8 Å². The number of hydrazine groups is 1. The number of allylic oxidation sites excluding steroid dienone is 2. The predicted molar refractivity (Wildman–Crippen MR) is 172 cm³/mol. The molecule has 1 aromatic rings. The number of carbonyl (C=O) groups is 2. The highest BCUT2D eigenvalue weighted by Crippen LogP contribution is 2.41. The number of halogens is 5. The zero-order chi connectivity index (χ0) is 35.2. The summed E-state index contributed by atoms with van der Waals surface area (Å²) in [5, 5.41) is 7.27. The summed E-state index contributed by atoms with van der Waals surface area (Å²) in [6.45, 7) is 1.51. The van der Waals surface area contributed by atoms with E-state index in [0.717, 1.165) is 23.6 Å². The molecular weight excluding hydrogens is 671 g/mol. The third kappa shape index (κ3) is 7.26. The molecule has 0 saturated carbocycles. The SMILES string of the molecule is C[C@@H]1C2=C(C=CC1C(=O)CO/C=C1\OC1N(C)C)[C@@H](NC(=S)C1=CC(C(=O)NCc3ccc(F)c(C(F)(F)F)c3)=NC3C(F)CNN13)CC2. The van der Waals surface area contributed by atoms with Crippen LogP contribution in [-0.2, 0) is 31.8 Å². The van der Waals surface area contributed by atoms with Gasteiger partial charge in [0.1, 0.15) is 29.4 Å². The summed E-state index contributed by atoms with van der Waals surface area (Å²) in [6.07, 6.45) is 0.514. The second kappa shape index (κ2) is 13.6. The lowest BCUT2D eigenvalue weighted by molar-refractivity contribution is -0.140.